The maximum atomic E-state index is 13.4. The van der Waals surface area contributed by atoms with Crippen molar-refractivity contribution in [1.29, 1.82) is 0 Å². The van der Waals surface area contributed by atoms with Crippen LogP contribution in [0.5, 0.6) is 0 Å². The van der Waals surface area contributed by atoms with Gasteiger partial charge in [0, 0.05) is 68.5 Å². The molecule has 2 aliphatic carbocycles. The number of nitrogens with zero attached hydrogens (tertiary/aromatic N) is 3. The number of hydrogen-bond donors (Lipinski definition) is 3. The molecule has 2 amide bonds. The number of carbonyl (C=O) groups is 3. The largest absolute Gasteiger partial charge is 0.360 e. The van der Waals surface area contributed by atoms with Crippen molar-refractivity contribution in [2.75, 3.05) is 28.2 Å². The first-order valence-electron chi connectivity index (χ1n) is 18.3. The van der Waals surface area contributed by atoms with Crippen LogP contribution in [-0.2, 0) is 17.9 Å². The molecule has 0 radical (unpaired) electrons. The molecule has 4 atom stereocenters. The van der Waals surface area contributed by atoms with Gasteiger partial charge in [0.05, 0.1) is 16.1 Å². The normalized spacial score (nSPS) is 20.2. The number of amides is 2. The van der Waals surface area contributed by atoms with Crippen molar-refractivity contribution in [3.63, 3.8) is 0 Å². The molecule has 0 aliphatic heterocycles. The third kappa shape index (κ3) is 10.3. The van der Waals surface area contributed by atoms with Gasteiger partial charge < -0.3 is 20.9 Å². The molecule has 12 heteroatoms. The third-order valence-corrected chi connectivity index (χ3v) is 10.8. The van der Waals surface area contributed by atoms with Crippen LogP contribution in [0, 0.1) is 11.6 Å². The Balaban J connectivity index is 0.000000265. The number of aromatic nitrogens is 1. The number of carbonyl (C=O) groups excluding carboxylic acids is 3. The molecule has 0 unspecified atom stereocenters. The van der Waals surface area contributed by atoms with E-state index in [0.29, 0.717) is 23.5 Å². The van der Waals surface area contributed by atoms with Crippen LogP contribution in [0.1, 0.15) is 83.2 Å². The summed E-state index contributed by atoms with van der Waals surface area (Å²) in [6, 6.07) is 17.1. The number of nitrogens with two attached hydrogens (primary N) is 1. The minimum absolute atomic E-state index is 0.0916. The number of Topliss-reactive ketones (excluding diaryl/α,β-unsaturated/α-hetero) is 1. The number of hydrogen-bond acceptors (Lipinski definition) is 6. The summed E-state index contributed by atoms with van der Waals surface area (Å²) in [5, 5.41) is 3.88. The minimum atomic E-state index is -0.658. The minimum Gasteiger partial charge on any atom is -0.360 e. The SMILES string of the molecule is CN(C)C(=O)C(=O)c1c[nH]c2cc(Cl)c(C(=O)N[C@@H]3CCCC[C@H]3N(C)Cc3ccc(F)cc3)cc12.CN(Cc1ccc(F)cc1)[C@@H]1CCCC[C@H]1N. The molecular formula is C41H51ClF2N6O3. The van der Waals surface area contributed by atoms with Crippen molar-refractivity contribution in [3.8, 4) is 0 Å². The lowest BCUT2D eigenvalue weighted by molar-refractivity contribution is -0.124. The van der Waals surface area contributed by atoms with Crippen LogP contribution in [-0.4, -0.2) is 89.6 Å². The number of nitrogens with one attached hydrogen (secondary N) is 2. The second-order valence-corrected chi connectivity index (χ2v) is 15.0. The van der Waals surface area contributed by atoms with E-state index in [1.807, 2.05) is 19.2 Å². The smallest absolute Gasteiger partial charge is 0.294 e. The zero-order chi connectivity index (χ0) is 38.2. The number of ketones is 1. The highest BCUT2D eigenvalue weighted by molar-refractivity contribution is 6.45. The van der Waals surface area contributed by atoms with E-state index in [-0.39, 0.29) is 51.8 Å². The second kappa shape index (κ2) is 18.2. The number of rotatable bonds is 10. The number of aromatic amines is 1. The number of halogens is 3. The van der Waals surface area contributed by atoms with Crippen molar-refractivity contribution in [1.82, 2.24) is 25.0 Å². The Morgan fingerprint density at radius 2 is 1.30 bits per heavy atom. The molecule has 0 spiro atoms. The van der Waals surface area contributed by atoms with Gasteiger partial charge in [-0.3, -0.25) is 24.2 Å². The quantitative estimate of drug-likeness (QED) is 0.120. The third-order valence-electron chi connectivity index (χ3n) is 10.5. The van der Waals surface area contributed by atoms with E-state index in [1.165, 1.54) is 68.7 Å². The Morgan fingerprint density at radius 3 is 1.87 bits per heavy atom. The fourth-order valence-electron chi connectivity index (χ4n) is 7.55. The van der Waals surface area contributed by atoms with E-state index in [1.54, 1.807) is 24.3 Å². The Labute approximate surface area is 315 Å². The van der Waals surface area contributed by atoms with Gasteiger partial charge >= 0.3 is 0 Å². The molecule has 1 aromatic heterocycles. The van der Waals surface area contributed by atoms with Gasteiger partial charge in [-0.25, -0.2) is 8.78 Å². The molecule has 4 aromatic rings. The van der Waals surface area contributed by atoms with E-state index >= 15 is 0 Å². The molecule has 1 heterocycles. The molecule has 9 nitrogen and oxygen atoms in total. The first-order chi connectivity index (χ1) is 25.3. The predicted molar refractivity (Wildman–Crippen MR) is 206 cm³/mol. The van der Waals surface area contributed by atoms with Gasteiger partial charge in [-0.2, -0.15) is 0 Å². The number of H-pyrrole nitrogens is 1. The summed E-state index contributed by atoms with van der Waals surface area (Å²) in [5.74, 6) is -2.07. The molecule has 0 saturated heterocycles. The summed E-state index contributed by atoms with van der Waals surface area (Å²) in [7, 11) is 7.15. The Bertz CT molecular complexity index is 1870. The van der Waals surface area contributed by atoms with E-state index < -0.39 is 11.7 Å². The standard InChI is InChI=1S/C27H30ClFN4O3.C14H21FN2/c1-32(2)27(36)25(34)20-14-30-23-13-21(28)19(12-18(20)23)26(35)31-22-6-4-5-7-24(22)33(3)15-16-8-10-17(29)11-9-16;1-17(14-5-3-2-4-13(14)16)10-11-6-8-12(15)9-7-11/h8-14,22,24,30H,4-7,15H2,1-3H3,(H,31,35);6-9,13-14H,2-5,10,16H2,1H3/t22-,24-;13-,14-/m11/s1. The van der Waals surface area contributed by atoms with E-state index in [0.717, 1.165) is 49.8 Å². The lowest BCUT2D eigenvalue weighted by atomic mass is 9.88. The van der Waals surface area contributed by atoms with Crippen LogP contribution < -0.4 is 11.1 Å². The number of fused-ring (bicyclic) bond motifs is 1. The monoisotopic (exact) mass is 748 g/mol. The first-order valence-corrected chi connectivity index (χ1v) is 18.7. The van der Waals surface area contributed by atoms with Gasteiger partial charge in [-0.15, -0.1) is 0 Å². The zero-order valence-corrected chi connectivity index (χ0v) is 31.8. The highest BCUT2D eigenvalue weighted by atomic mass is 35.5. The summed E-state index contributed by atoms with van der Waals surface area (Å²) in [6.45, 7) is 1.48. The summed E-state index contributed by atoms with van der Waals surface area (Å²) in [6.07, 6.45) is 10.1. The lowest BCUT2D eigenvalue weighted by Crippen LogP contribution is -2.52. The molecular weight excluding hydrogens is 698 g/mol. The summed E-state index contributed by atoms with van der Waals surface area (Å²) in [5.41, 5.74) is 9.32. The Morgan fingerprint density at radius 1 is 0.774 bits per heavy atom. The van der Waals surface area contributed by atoms with Gasteiger partial charge in [0.1, 0.15) is 11.6 Å². The van der Waals surface area contributed by atoms with E-state index in [9.17, 15) is 23.2 Å². The maximum Gasteiger partial charge on any atom is 0.294 e. The van der Waals surface area contributed by atoms with Crippen LogP contribution in [0.25, 0.3) is 10.9 Å². The molecule has 53 heavy (non-hydrogen) atoms. The van der Waals surface area contributed by atoms with Crippen LogP contribution in [0.2, 0.25) is 5.02 Å². The van der Waals surface area contributed by atoms with Crippen molar-refractivity contribution >= 4 is 40.1 Å². The summed E-state index contributed by atoms with van der Waals surface area (Å²) < 4.78 is 26.1. The van der Waals surface area contributed by atoms with Gasteiger partial charge in [0.2, 0.25) is 0 Å². The molecule has 2 fully saturated rings. The fraction of sp³-hybridized carbons (Fsp3) is 0.439. The molecule has 2 aliphatic rings. The van der Waals surface area contributed by atoms with Gasteiger partial charge in [-0.05, 0) is 87.3 Å². The zero-order valence-electron chi connectivity index (χ0n) is 31.0. The van der Waals surface area contributed by atoms with Crippen LogP contribution in [0.3, 0.4) is 0 Å². The molecule has 4 N–H and O–H groups in total. The summed E-state index contributed by atoms with van der Waals surface area (Å²) >= 11 is 6.45. The highest BCUT2D eigenvalue weighted by Crippen LogP contribution is 2.29. The van der Waals surface area contributed by atoms with Gasteiger partial charge in [0.25, 0.3) is 17.6 Å². The highest BCUT2D eigenvalue weighted by Gasteiger charge is 2.31. The summed E-state index contributed by atoms with van der Waals surface area (Å²) in [4.78, 5) is 46.9. The number of likely N-dealkylation sites (N-methyl/N-ethyl adjacent to an activating group) is 3. The van der Waals surface area contributed by atoms with Gasteiger partial charge in [0.15, 0.2) is 0 Å². The van der Waals surface area contributed by atoms with Crippen molar-refractivity contribution < 1.29 is 23.2 Å². The first kappa shape index (κ1) is 40.0. The predicted octanol–water partition coefficient (Wildman–Crippen LogP) is 6.93. The van der Waals surface area contributed by atoms with E-state index in [4.69, 9.17) is 17.3 Å². The fourth-order valence-corrected chi connectivity index (χ4v) is 7.80. The number of benzene rings is 3. The molecule has 3 aromatic carbocycles. The topological polar surface area (TPSA) is 115 Å². The van der Waals surface area contributed by atoms with Crippen LogP contribution >= 0.6 is 11.6 Å². The Hall–Kier alpha value is -4.16. The molecule has 284 valence electrons. The Kier molecular flexibility index (Phi) is 13.8. The maximum absolute atomic E-state index is 13.4. The lowest BCUT2D eigenvalue weighted by Gasteiger charge is -2.38. The van der Waals surface area contributed by atoms with Crippen molar-refractivity contribution in [3.05, 3.63) is 106 Å². The average Bonchev–Trinajstić information content (AvgIpc) is 3.55. The van der Waals surface area contributed by atoms with Crippen LogP contribution in [0.15, 0.2) is 66.9 Å². The molecule has 0 bridgehead atoms. The molecule has 6 rings (SSSR count). The van der Waals surface area contributed by atoms with Crippen molar-refractivity contribution in [2.45, 2.75) is 88.6 Å². The molecule has 2 saturated carbocycles. The van der Waals surface area contributed by atoms with Gasteiger partial charge in [-0.1, -0.05) is 61.5 Å². The average molecular weight is 749 g/mol. The second-order valence-electron chi connectivity index (χ2n) is 14.6. The van der Waals surface area contributed by atoms with Crippen LogP contribution in [0.4, 0.5) is 8.78 Å². The van der Waals surface area contributed by atoms with E-state index in [2.05, 4.69) is 27.1 Å². The van der Waals surface area contributed by atoms with Crippen molar-refractivity contribution in [2.24, 2.45) is 5.73 Å².